The Hall–Kier alpha value is -2.30. The van der Waals surface area contributed by atoms with Crippen LogP contribution in [0.3, 0.4) is 0 Å². The van der Waals surface area contributed by atoms with E-state index in [1.165, 1.54) is 6.07 Å². The second-order valence-corrected chi connectivity index (χ2v) is 4.16. The van der Waals surface area contributed by atoms with Crippen LogP contribution in [-0.4, -0.2) is 27.1 Å². The summed E-state index contributed by atoms with van der Waals surface area (Å²) in [7, 11) is 0. The molecule has 0 unspecified atom stereocenters. The first-order valence-corrected chi connectivity index (χ1v) is 5.56. The van der Waals surface area contributed by atoms with Gasteiger partial charge in [0.25, 0.3) is 0 Å². The van der Waals surface area contributed by atoms with Crippen LogP contribution in [0.4, 0.5) is 0 Å². The highest BCUT2D eigenvalue weighted by atomic mass is 16.4. The molecular weight excluding hydrogens is 234 g/mol. The van der Waals surface area contributed by atoms with Crippen molar-refractivity contribution in [3.63, 3.8) is 0 Å². The average molecular weight is 247 g/mol. The molecule has 0 amide bonds. The zero-order valence-corrected chi connectivity index (χ0v) is 9.86. The van der Waals surface area contributed by atoms with E-state index in [1.54, 1.807) is 6.07 Å². The van der Waals surface area contributed by atoms with Crippen LogP contribution >= 0.6 is 0 Å². The highest BCUT2D eigenvalue weighted by molar-refractivity contribution is 6.03. The lowest BCUT2D eigenvalue weighted by molar-refractivity contribution is -0.136. The molecule has 18 heavy (non-hydrogen) atoms. The van der Waals surface area contributed by atoms with Crippen LogP contribution in [0.25, 0.3) is 10.9 Å². The number of aliphatic carboxylic acids is 1. The Balaban J connectivity index is 2.54. The first-order chi connectivity index (χ1) is 8.50. The zero-order chi connectivity index (χ0) is 13.3. The van der Waals surface area contributed by atoms with E-state index in [0.717, 1.165) is 16.6 Å². The predicted molar refractivity (Wildman–Crippen MR) is 66.0 cm³/mol. The van der Waals surface area contributed by atoms with Gasteiger partial charge in [0.15, 0.2) is 0 Å². The van der Waals surface area contributed by atoms with Gasteiger partial charge < -0.3 is 15.2 Å². The lowest BCUT2D eigenvalue weighted by atomic mass is 10.0. The van der Waals surface area contributed by atoms with E-state index >= 15 is 0 Å². The highest BCUT2D eigenvalue weighted by Crippen LogP contribution is 2.26. The van der Waals surface area contributed by atoms with Crippen molar-refractivity contribution < 1.29 is 19.8 Å². The minimum Gasteiger partial charge on any atom is -0.481 e. The number of aromatic amines is 1. The number of aryl methyl sites for hydroxylation is 2. The number of benzene rings is 1. The third kappa shape index (κ3) is 2.07. The molecule has 2 aromatic rings. The average Bonchev–Trinajstić information content (AvgIpc) is 2.61. The smallest absolute Gasteiger partial charge is 0.337 e. The fraction of sp³-hybridized carbons (Fsp3) is 0.231. The Kier molecular flexibility index (Phi) is 3.06. The molecule has 0 bridgehead atoms. The maximum absolute atomic E-state index is 11.1. The van der Waals surface area contributed by atoms with Crippen LogP contribution in [0.2, 0.25) is 0 Å². The lowest BCUT2D eigenvalue weighted by Gasteiger charge is -1.99. The van der Waals surface area contributed by atoms with Gasteiger partial charge in [-0.1, -0.05) is 12.1 Å². The van der Waals surface area contributed by atoms with Gasteiger partial charge in [-0.3, -0.25) is 4.79 Å². The first-order valence-electron chi connectivity index (χ1n) is 5.56. The number of aromatic carboxylic acids is 1. The van der Waals surface area contributed by atoms with Crippen molar-refractivity contribution in [2.45, 2.75) is 19.8 Å². The molecule has 5 heteroatoms. The van der Waals surface area contributed by atoms with Crippen molar-refractivity contribution in [1.29, 1.82) is 0 Å². The second kappa shape index (κ2) is 4.52. The monoisotopic (exact) mass is 247 g/mol. The molecule has 0 saturated heterocycles. The minimum atomic E-state index is -0.994. The van der Waals surface area contributed by atoms with Crippen LogP contribution in [0.15, 0.2) is 18.2 Å². The summed E-state index contributed by atoms with van der Waals surface area (Å²) >= 11 is 0. The molecule has 3 N–H and O–H groups in total. The van der Waals surface area contributed by atoms with Gasteiger partial charge in [0, 0.05) is 17.5 Å². The van der Waals surface area contributed by atoms with Gasteiger partial charge >= 0.3 is 11.9 Å². The quantitative estimate of drug-likeness (QED) is 0.772. The van der Waals surface area contributed by atoms with E-state index in [4.69, 9.17) is 10.2 Å². The summed E-state index contributed by atoms with van der Waals surface area (Å²) in [5.74, 6) is -1.86. The molecule has 0 radical (unpaired) electrons. The van der Waals surface area contributed by atoms with Gasteiger partial charge in [-0.25, -0.2) is 4.79 Å². The maximum Gasteiger partial charge on any atom is 0.337 e. The fourth-order valence-electron chi connectivity index (χ4n) is 2.14. The van der Waals surface area contributed by atoms with Crippen LogP contribution in [0.5, 0.6) is 0 Å². The largest absolute Gasteiger partial charge is 0.481 e. The highest BCUT2D eigenvalue weighted by Gasteiger charge is 2.15. The zero-order valence-electron chi connectivity index (χ0n) is 9.86. The molecule has 1 heterocycles. The number of nitrogens with one attached hydrogen (secondary N) is 1. The van der Waals surface area contributed by atoms with Crippen molar-refractivity contribution in [1.82, 2.24) is 4.98 Å². The van der Waals surface area contributed by atoms with E-state index in [1.807, 2.05) is 13.0 Å². The van der Waals surface area contributed by atoms with Crippen LogP contribution in [0, 0.1) is 6.92 Å². The molecule has 0 saturated carbocycles. The summed E-state index contributed by atoms with van der Waals surface area (Å²) in [6.45, 7) is 1.82. The SMILES string of the molecule is Cc1[nH]c2c(C(=O)O)cccc2c1CCC(=O)O. The number of H-pyrrole nitrogens is 1. The number of rotatable bonds is 4. The number of hydrogen-bond acceptors (Lipinski definition) is 2. The fourth-order valence-corrected chi connectivity index (χ4v) is 2.14. The molecular formula is C13H13NO4. The molecule has 1 aromatic heterocycles. The summed E-state index contributed by atoms with van der Waals surface area (Å²) in [5.41, 5.74) is 2.45. The van der Waals surface area contributed by atoms with Gasteiger partial charge in [-0.2, -0.15) is 0 Å². The summed E-state index contributed by atoms with van der Waals surface area (Å²) in [6, 6.07) is 5.01. The molecule has 2 rings (SSSR count). The Morgan fingerprint density at radius 2 is 2.00 bits per heavy atom. The summed E-state index contributed by atoms with van der Waals surface area (Å²) in [5, 5.41) is 18.6. The summed E-state index contributed by atoms with van der Waals surface area (Å²) in [6.07, 6.45) is 0.426. The third-order valence-electron chi connectivity index (χ3n) is 2.97. The molecule has 94 valence electrons. The Labute approximate surface area is 103 Å². The number of carboxylic acid groups (broad SMARTS) is 2. The van der Waals surface area contributed by atoms with Crippen molar-refractivity contribution in [2.24, 2.45) is 0 Å². The van der Waals surface area contributed by atoms with E-state index in [0.29, 0.717) is 11.9 Å². The van der Waals surface area contributed by atoms with Crippen LogP contribution in [0.1, 0.15) is 28.0 Å². The Morgan fingerprint density at radius 3 is 2.61 bits per heavy atom. The van der Waals surface area contributed by atoms with Gasteiger partial charge in [0.1, 0.15) is 0 Å². The predicted octanol–water partition coefficient (Wildman–Crippen LogP) is 2.19. The minimum absolute atomic E-state index is 0.0328. The van der Waals surface area contributed by atoms with Gasteiger partial charge in [0.05, 0.1) is 11.1 Å². The Morgan fingerprint density at radius 1 is 1.28 bits per heavy atom. The molecule has 0 atom stereocenters. The molecule has 0 fully saturated rings. The van der Waals surface area contributed by atoms with Crippen LogP contribution in [-0.2, 0) is 11.2 Å². The second-order valence-electron chi connectivity index (χ2n) is 4.16. The number of fused-ring (bicyclic) bond motifs is 1. The van der Waals surface area contributed by atoms with Crippen molar-refractivity contribution in [3.05, 3.63) is 35.0 Å². The number of para-hydroxylation sites is 1. The number of aromatic nitrogens is 1. The van der Waals surface area contributed by atoms with Crippen molar-refractivity contribution in [3.8, 4) is 0 Å². The van der Waals surface area contributed by atoms with E-state index in [2.05, 4.69) is 4.98 Å². The standard InChI is InChI=1S/C13H13NO4/c1-7-8(5-6-11(15)16)9-3-2-4-10(13(17)18)12(9)14-7/h2-4,14H,5-6H2,1H3,(H,15,16)(H,17,18). The lowest BCUT2D eigenvalue weighted by Crippen LogP contribution is -1.98. The molecule has 0 aliphatic carbocycles. The van der Waals surface area contributed by atoms with Crippen LogP contribution < -0.4 is 0 Å². The van der Waals surface area contributed by atoms with E-state index in [9.17, 15) is 9.59 Å². The van der Waals surface area contributed by atoms with Gasteiger partial charge in [0.2, 0.25) is 0 Å². The van der Waals surface area contributed by atoms with Crippen molar-refractivity contribution >= 4 is 22.8 Å². The number of hydrogen-bond donors (Lipinski definition) is 3. The maximum atomic E-state index is 11.1. The molecule has 1 aromatic carbocycles. The van der Waals surface area contributed by atoms with Crippen molar-refractivity contribution in [2.75, 3.05) is 0 Å². The first kappa shape index (κ1) is 12.2. The summed E-state index contributed by atoms with van der Waals surface area (Å²) in [4.78, 5) is 24.7. The number of carboxylic acids is 2. The van der Waals surface area contributed by atoms with E-state index < -0.39 is 11.9 Å². The third-order valence-corrected chi connectivity index (χ3v) is 2.97. The normalized spacial score (nSPS) is 10.7. The Bertz CT molecular complexity index is 627. The summed E-state index contributed by atoms with van der Waals surface area (Å²) < 4.78 is 0. The van der Waals surface area contributed by atoms with E-state index in [-0.39, 0.29) is 12.0 Å². The molecule has 5 nitrogen and oxygen atoms in total. The molecule has 0 aliphatic heterocycles. The van der Waals surface area contributed by atoms with Gasteiger partial charge in [-0.15, -0.1) is 0 Å². The molecule has 0 aliphatic rings. The molecule has 0 spiro atoms. The topological polar surface area (TPSA) is 90.4 Å². The van der Waals surface area contributed by atoms with Gasteiger partial charge in [-0.05, 0) is 25.0 Å². The number of carbonyl (C=O) groups is 2.